The van der Waals surface area contributed by atoms with E-state index in [0.29, 0.717) is 11.4 Å². The molecule has 1 aliphatic rings. The Kier molecular flexibility index (Phi) is 4.60. The molecule has 0 radical (unpaired) electrons. The lowest BCUT2D eigenvalue weighted by atomic mass is 10.2. The van der Waals surface area contributed by atoms with Crippen LogP contribution in [-0.2, 0) is 14.3 Å². The maximum atomic E-state index is 12.4. The summed E-state index contributed by atoms with van der Waals surface area (Å²) >= 11 is 0. The van der Waals surface area contributed by atoms with Crippen molar-refractivity contribution in [2.24, 2.45) is 0 Å². The van der Waals surface area contributed by atoms with E-state index in [1.54, 1.807) is 30.3 Å². The highest BCUT2D eigenvalue weighted by atomic mass is 16.5. The number of esters is 1. The zero-order chi connectivity index (χ0) is 17.8. The van der Waals surface area contributed by atoms with Gasteiger partial charge in [0.2, 0.25) is 5.91 Å². The van der Waals surface area contributed by atoms with Gasteiger partial charge in [0.1, 0.15) is 23.7 Å². The Hall–Kier alpha value is -3.42. The number of benzene rings is 1. The van der Waals surface area contributed by atoms with Crippen LogP contribution in [0.2, 0.25) is 0 Å². The molecule has 2 amide bonds. The molecule has 3 rings (SSSR count). The number of carbonyl (C=O) groups is 3. The minimum Gasteiger partial charge on any atom is -0.482 e. The van der Waals surface area contributed by atoms with Gasteiger partial charge in [-0.2, -0.15) is 0 Å². The number of methoxy groups -OCH3 is 1. The summed E-state index contributed by atoms with van der Waals surface area (Å²) in [6.07, 6.45) is 1.44. The molecule has 1 aromatic carbocycles. The van der Waals surface area contributed by atoms with Crippen LogP contribution in [0.25, 0.3) is 0 Å². The van der Waals surface area contributed by atoms with Crippen LogP contribution in [0.3, 0.4) is 0 Å². The lowest BCUT2D eigenvalue weighted by molar-refractivity contribution is -0.123. The van der Waals surface area contributed by atoms with Crippen LogP contribution < -0.4 is 15.0 Å². The van der Waals surface area contributed by atoms with Gasteiger partial charge in [0.15, 0.2) is 6.61 Å². The normalized spacial score (nSPS) is 12.8. The first-order valence-electron chi connectivity index (χ1n) is 7.45. The van der Waals surface area contributed by atoms with Crippen LogP contribution in [0.4, 0.5) is 11.5 Å². The van der Waals surface area contributed by atoms with E-state index >= 15 is 0 Å². The van der Waals surface area contributed by atoms with Gasteiger partial charge in [-0.25, -0.2) is 9.78 Å². The van der Waals surface area contributed by atoms with E-state index in [1.165, 1.54) is 24.3 Å². The predicted octanol–water partition coefficient (Wildman–Crippen LogP) is 1.23. The van der Waals surface area contributed by atoms with Gasteiger partial charge in [0.25, 0.3) is 5.91 Å². The van der Waals surface area contributed by atoms with Crippen molar-refractivity contribution in [2.75, 3.05) is 30.5 Å². The Morgan fingerprint density at radius 2 is 2.08 bits per heavy atom. The molecular formula is C17H15N3O5. The average Bonchev–Trinajstić information content (AvgIpc) is 2.64. The van der Waals surface area contributed by atoms with Gasteiger partial charge in [-0.1, -0.05) is 12.1 Å². The molecule has 0 aliphatic carbocycles. The zero-order valence-electron chi connectivity index (χ0n) is 13.4. The van der Waals surface area contributed by atoms with Crippen LogP contribution in [-0.4, -0.2) is 43.0 Å². The third-order valence-corrected chi connectivity index (χ3v) is 3.58. The van der Waals surface area contributed by atoms with Gasteiger partial charge < -0.3 is 14.8 Å². The fourth-order valence-corrected chi connectivity index (χ4v) is 2.42. The molecule has 1 aliphatic heterocycles. The second-order valence-corrected chi connectivity index (χ2v) is 5.18. The highest BCUT2D eigenvalue weighted by Crippen LogP contribution is 2.31. The van der Waals surface area contributed by atoms with Crippen LogP contribution in [0.15, 0.2) is 42.6 Å². The molecule has 0 unspecified atom stereocenters. The molecule has 25 heavy (non-hydrogen) atoms. The van der Waals surface area contributed by atoms with E-state index in [-0.39, 0.29) is 30.4 Å². The lowest BCUT2D eigenvalue weighted by Gasteiger charge is -2.28. The van der Waals surface area contributed by atoms with Crippen LogP contribution in [0, 0.1) is 0 Å². The number of amides is 2. The first-order chi connectivity index (χ1) is 12.1. The molecule has 0 spiro atoms. The summed E-state index contributed by atoms with van der Waals surface area (Å²) < 4.78 is 10.00. The molecule has 2 heterocycles. The standard InChI is InChI=1S/C17H15N3O5/c1-24-17(23)11-5-4-8-18-16(11)19-14(21)9-20-12-6-2-3-7-13(12)25-10-15(20)22/h2-8H,9-10H2,1H3,(H,18,19,21). The van der Waals surface area contributed by atoms with E-state index in [1.807, 2.05) is 0 Å². The van der Waals surface area contributed by atoms with E-state index in [0.717, 1.165) is 0 Å². The van der Waals surface area contributed by atoms with Gasteiger partial charge in [0.05, 0.1) is 12.8 Å². The fourth-order valence-electron chi connectivity index (χ4n) is 2.42. The van der Waals surface area contributed by atoms with E-state index in [9.17, 15) is 14.4 Å². The number of aromatic nitrogens is 1. The Morgan fingerprint density at radius 3 is 2.88 bits per heavy atom. The van der Waals surface area contributed by atoms with Crippen molar-refractivity contribution in [2.45, 2.75) is 0 Å². The second-order valence-electron chi connectivity index (χ2n) is 5.18. The molecule has 0 atom stereocenters. The molecule has 0 fully saturated rings. The molecule has 0 bridgehead atoms. The molecule has 2 aromatic rings. The first kappa shape index (κ1) is 16.4. The highest BCUT2D eigenvalue weighted by Gasteiger charge is 2.27. The molecular weight excluding hydrogens is 326 g/mol. The van der Waals surface area contributed by atoms with Crippen molar-refractivity contribution in [1.29, 1.82) is 0 Å². The molecule has 8 heteroatoms. The molecule has 1 aromatic heterocycles. The van der Waals surface area contributed by atoms with Crippen LogP contribution in [0.5, 0.6) is 5.75 Å². The molecule has 1 N–H and O–H groups in total. The third kappa shape index (κ3) is 3.42. The molecule has 0 saturated heterocycles. The summed E-state index contributed by atoms with van der Waals surface area (Å²) in [5.74, 6) is -0.829. The summed E-state index contributed by atoms with van der Waals surface area (Å²) in [6.45, 7) is -0.363. The van der Waals surface area contributed by atoms with Crippen molar-refractivity contribution < 1.29 is 23.9 Å². The highest BCUT2D eigenvalue weighted by molar-refractivity contribution is 6.06. The maximum Gasteiger partial charge on any atom is 0.341 e. The Bertz CT molecular complexity index is 837. The number of ether oxygens (including phenoxy) is 2. The number of hydrogen-bond donors (Lipinski definition) is 1. The summed E-state index contributed by atoms with van der Waals surface area (Å²) in [5, 5.41) is 2.54. The number of fused-ring (bicyclic) bond motifs is 1. The number of para-hydroxylation sites is 2. The van der Waals surface area contributed by atoms with Crippen LogP contribution >= 0.6 is 0 Å². The second kappa shape index (κ2) is 7.00. The monoisotopic (exact) mass is 341 g/mol. The summed E-state index contributed by atoms with van der Waals surface area (Å²) in [7, 11) is 1.24. The minimum absolute atomic E-state index is 0.0772. The van der Waals surface area contributed by atoms with Crippen molar-refractivity contribution in [1.82, 2.24) is 4.98 Å². The summed E-state index contributed by atoms with van der Waals surface area (Å²) in [6, 6.07) is 10.00. The van der Waals surface area contributed by atoms with Crippen LogP contribution in [0.1, 0.15) is 10.4 Å². The number of anilines is 2. The Labute approximate surface area is 143 Å². The quantitative estimate of drug-likeness (QED) is 0.840. The average molecular weight is 341 g/mol. The zero-order valence-corrected chi connectivity index (χ0v) is 13.4. The van der Waals surface area contributed by atoms with Gasteiger partial charge >= 0.3 is 5.97 Å². The predicted molar refractivity (Wildman–Crippen MR) is 88.5 cm³/mol. The Balaban J connectivity index is 1.78. The van der Waals surface area contributed by atoms with Gasteiger partial charge in [-0.3, -0.25) is 14.5 Å². The van der Waals surface area contributed by atoms with Crippen molar-refractivity contribution in [3.63, 3.8) is 0 Å². The van der Waals surface area contributed by atoms with Gasteiger partial charge in [-0.15, -0.1) is 0 Å². The fraction of sp³-hybridized carbons (Fsp3) is 0.176. The first-order valence-corrected chi connectivity index (χ1v) is 7.45. The summed E-state index contributed by atoms with van der Waals surface area (Å²) in [5.41, 5.74) is 0.648. The largest absolute Gasteiger partial charge is 0.482 e. The van der Waals surface area contributed by atoms with Crippen molar-refractivity contribution >= 4 is 29.3 Å². The number of carbonyl (C=O) groups excluding carboxylic acids is 3. The Morgan fingerprint density at radius 1 is 1.28 bits per heavy atom. The summed E-state index contributed by atoms with van der Waals surface area (Å²) in [4.78, 5) is 41.5. The SMILES string of the molecule is COC(=O)c1cccnc1NC(=O)CN1C(=O)COc2ccccc21. The van der Waals surface area contributed by atoms with E-state index in [4.69, 9.17) is 4.74 Å². The molecule has 0 saturated carbocycles. The molecule has 8 nitrogen and oxygen atoms in total. The van der Waals surface area contributed by atoms with E-state index in [2.05, 4.69) is 15.0 Å². The maximum absolute atomic E-state index is 12.4. The minimum atomic E-state index is -0.615. The van der Waals surface area contributed by atoms with Gasteiger partial charge in [0, 0.05) is 6.20 Å². The smallest absolute Gasteiger partial charge is 0.341 e. The van der Waals surface area contributed by atoms with E-state index < -0.39 is 11.9 Å². The topological polar surface area (TPSA) is 97.8 Å². The number of nitrogens with zero attached hydrogens (tertiary/aromatic N) is 2. The number of pyridine rings is 1. The lowest BCUT2D eigenvalue weighted by Crippen LogP contribution is -2.43. The number of nitrogens with one attached hydrogen (secondary N) is 1. The number of rotatable bonds is 4. The van der Waals surface area contributed by atoms with Crippen molar-refractivity contribution in [3.8, 4) is 5.75 Å². The van der Waals surface area contributed by atoms with Crippen molar-refractivity contribution in [3.05, 3.63) is 48.2 Å². The number of hydrogen-bond acceptors (Lipinski definition) is 6. The van der Waals surface area contributed by atoms with Gasteiger partial charge in [-0.05, 0) is 24.3 Å². The molecule has 128 valence electrons. The third-order valence-electron chi connectivity index (χ3n) is 3.58.